The number of methoxy groups -OCH3 is 1. The van der Waals surface area contributed by atoms with E-state index in [0.29, 0.717) is 18.7 Å². The van der Waals surface area contributed by atoms with Crippen molar-refractivity contribution in [1.82, 2.24) is 4.90 Å². The first-order chi connectivity index (χ1) is 15.3. The van der Waals surface area contributed by atoms with E-state index in [2.05, 4.69) is 4.74 Å². The Morgan fingerprint density at radius 1 is 1.41 bits per heavy atom. The molecule has 1 saturated heterocycles. The number of anilines is 1. The highest BCUT2D eigenvalue weighted by atomic mass is 19.1. The molecule has 1 fully saturated rings. The molecular formula is C23H26FN3O5. The fraction of sp³-hybridized carbons (Fsp3) is 0.391. The molecule has 2 aromatic rings. The lowest BCUT2D eigenvalue weighted by Gasteiger charge is -2.42. The average Bonchev–Trinajstić information content (AvgIpc) is 2.80. The number of ether oxygens (including phenoxy) is 3. The van der Waals surface area contributed by atoms with Gasteiger partial charge in [0, 0.05) is 18.2 Å². The predicted octanol–water partition coefficient (Wildman–Crippen LogP) is 1.94. The zero-order valence-corrected chi connectivity index (χ0v) is 18.0. The number of morpholine rings is 1. The third kappa shape index (κ3) is 5.34. The quantitative estimate of drug-likeness (QED) is 0.492. The second-order valence-electron chi connectivity index (χ2n) is 7.70. The number of benzene rings is 2. The lowest BCUT2D eigenvalue weighted by Crippen LogP contribution is -2.53. The SMILES string of the molecule is COC(=O)COc1ccc(CC(C)N2CCOC(O)(c3cc(F)c(N)c(C#N)c3)C2)cc1. The van der Waals surface area contributed by atoms with Crippen molar-refractivity contribution in [3.8, 4) is 11.8 Å². The van der Waals surface area contributed by atoms with Crippen molar-refractivity contribution in [1.29, 1.82) is 5.26 Å². The second-order valence-corrected chi connectivity index (χ2v) is 7.70. The van der Waals surface area contributed by atoms with Gasteiger partial charge in [0.15, 0.2) is 6.61 Å². The van der Waals surface area contributed by atoms with Crippen LogP contribution in [0.4, 0.5) is 10.1 Å². The number of carbonyl (C=O) groups excluding carboxylic acids is 1. The van der Waals surface area contributed by atoms with E-state index in [1.807, 2.05) is 30.0 Å². The number of halogens is 1. The van der Waals surface area contributed by atoms with Crippen molar-refractivity contribution < 1.29 is 28.5 Å². The summed E-state index contributed by atoms with van der Waals surface area (Å²) in [5.41, 5.74) is 6.49. The highest BCUT2D eigenvalue weighted by molar-refractivity contribution is 5.70. The number of hydrogen-bond donors (Lipinski definition) is 2. The molecule has 0 bridgehead atoms. The van der Waals surface area contributed by atoms with Crippen LogP contribution >= 0.6 is 0 Å². The van der Waals surface area contributed by atoms with Crippen molar-refractivity contribution in [3.05, 3.63) is 58.9 Å². The van der Waals surface area contributed by atoms with Gasteiger partial charge >= 0.3 is 5.97 Å². The molecule has 0 radical (unpaired) electrons. The van der Waals surface area contributed by atoms with Gasteiger partial charge in [-0.2, -0.15) is 5.26 Å². The van der Waals surface area contributed by atoms with Crippen molar-refractivity contribution in [2.45, 2.75) is 25.2 Å². The molecule has 0 amide bonds. The molecule has 0 saturated carbocycles. The predicted molar refractivity (Wildman–Crippen MR) is 114 cm³/mol. The number of nitrogens with zero attached hydrogens (tertiary/aromatic N) is 2. The first-order valence-electron chi connectivity index (χ1n) is 10.1. The van der Waals surface area contributed by atoms with E-state index in [-0.39, 0.29) is 42.6 Å². The summed E-state index contributed by atoms with van der Waals surface area (Å²) in [6.07, 6.45) is 0.687. The van der Waals surface area contributed by atoms with E-state index < -0.39 is 17.6 Å². The van der Waals surface area contributed by atoms with Crippen LogP contribution in [-0.2, 0) is 26.5 Å². The Morgan fingerprint density at radius 2 is 2.12 bits per heavy atom. The highest BCUT2D eigenvalue weighted by Crippen LogP contribution is 2.32. The first kappa shape index (κ1) is 23.5. The van der Waals surface area contributed by atoms with Crippen molar-refractivity contribution in [3.63, 3.8) is 0 Å². The molecule has 3 rings (SSSR count). The van der Waals surface area contributed by atoms with E-state index in [1.54, 1.807) is 12.1 Å². The number of nitrogen functional groups attached to an aromatic ring is 1. The van der Waals surface area contributed by atoms with Gasteiger partial charge in [-0.25, -0.2) is 9.18 Å². The number of nitrogens with two attached hydrogens (primary N) is 1. The van der Waals surface area contributed by atoms with Crippen LogP contribution in [-0.4, -0.2) is 55.4 Å². The number of nitriles is 1. The number of rotatable bonds is 7. The molecule has 2 aromatic carbocycles. The smallest absolute Gasteiger partial charge is 0.343 e. The minimum atomic E-state index is -1.75. The standard InChI is InChI=1S/C23H26FN3O5/c1-15(9-16-3-5-19(6-4-16)31-13-21(28)30-2)27-7-8-32-23(29,14-27)18-10-17(12-25)22(26)20(24)11-18/h3-6,10-11,15,29H,7-9,13-14,26H2,1-2H3. The Labute approximate surface area is 185 Å². The summed E-state index contributed by atoms with van der Waals surface area (Å²) in [5.74, 6) is -2.41. The van der Waals surface area contributed by atoms with Gasteiger partial charge in [-0.05, 0) is 43.2 Å². The van der Waals surface area contributed by atoms with Crippen molar-refractivity contribution in [2.24, 2.45) is 0 Å². The van der Waals surface area contributed by atoms with E-state index in [0.717, 1.165) is 11.6 Å². The van der Waals surface area contributed by atoms with Crippen LogP contribution in [0.2, 0.25) is 0 Å². The first-order valence-corrected chi connectivity index (χ1v) is 10.1. The summed E-state index contributed by atoms with van der Waals surface area (Å²) in [6, 6.07) is 11.7. The molecule has 0 spiro atoms. The summed E-state index contributed by atoms with van der Waals surface area (Å²) in [7, 11) is 1.30. The lowest BCUT2D eigenvalue weighted by molar-refractivity contribution is -0.252. The van der Waals surface area contributed by atoms with Gasteiger partial charge < -0.3 is 25.1 Å². The fourth-order valence-electron chi connectivity index (χ4n) is 3.61. The maximum Gasteiger partial charge on any atom is 0.343 e. The van der Waals surface area contributed by atoms with Gasteiger partial charge in [-0.3, -0.25) is 4.90 Å². The van der Waals surface area contributed by atoms with Crippen LogP contribution in [0.25, 0.3) is 0 Å². The molecule has 0 aliphatic carbocycles. The molecule has 170 valence electrons. The van der Waals surface area contributed by atoms with E-state index in [9.17, 15) is 19.6 Å². The topological polar surface area (TPSA) is 118 Å². The number of β-amino-alcohol motifs (C(OH)–C–C–N with tert-alkyl or cyclic N) is 1. The van der Waals surface area contributed by atoms with Crippen molar-refractivity contribution >= 4 is 11.7 Å². The minimum Gasteiger partial charge on any atom is -0.482 e. The van der Waals surface area contributed by atoms with Crippen LogP contribution in [0.3, 0.4) is 0 Å². The molecule has 3 N–H and O–H groups in total. The molecular weight excluding hydrogens is 417 g/mol. The van der Waals surface area contributed by atoms with Crippen LogP contribution in [0.5, 0.6) is 5.75 Å². The minimum absolute atomic E-state index is 0.0429. The number of esters is 1. The molecule has 1 aliphatic rings. The van der Waals surface area contributed by atoms with E-state index >= 15 is 0 Å². The van der Waals surface area contributed by atoms with Crippen LogP contribution in [0.15, 0.2) is 36.4 Å². The maximum absolute atomic E-state index is 14.2. The molecule has 1 heterocycles. The maximum atomic E-state index is 14.2. The fourth-order valence-corrected chi connectivity index (χ4v) is 3.61. The van der Waals surface area contributed by atoms with E-state index in [1.165, 1.54) is 13.2 Å². The zero-order valence-electron chi connectivity index (χ0n) is 18.0. The normalized spacial score (nSPS) is 19.7. The molecule has 8 nitrogen and oxygen atoms in total. The van der Waals surface area contributed by atoms with Gasteiger partial charge in [-0.15, -0.1) is 0 Å². The summed E-state index contributed by atoms with van der Waals surface area (Å²) >= 11 is 0. The van der Waals surface area contributed by atoms with Crippen LogP contribution in [0, 0.1) is 17.1 Å². The largest absolute Gasteiger partial charge is 0.482 e. The van der Waals surface area contributed by atoms with Gasteiger partial charge in [-0.1, -0.05) is 12.1 Å². The third-order valence-electron chi connectivity index (χ3n) is 5.50. The molecule has 32 heavy (non-hydrogen) atoms. The Kier molecular flexibility index (Phi) is 7.30. The molecule has 1 aliphatic heterocycles. The Hall–Kier alpha value is -3.19. The Bertz CT molecular complexity index is 1010. The Balaban J connectivity index is 1.67. The molecule has 2 atom stereocenters. The number of hydrogen-bond acceptors (Lipinski definition) is 8. The monoisotopic (exact) mass is 443 g/mol. The summed E-state index contributed by atoms with van der Waals surface area (Å²) in [6.45, 7) is 2.82. The number of carbonyl (C=O) groups is 1. The van der Waals surface area contributed by atoms with Gasteiger partial charge in [0.2, 0.25) is 5.79 Å². The van der Waals surface area contributed by atoms with Crippen LogP contribution < -0.4 is 10.5 Å². The lowest BCUT2D eigenvalue weighted by atomic mass is 9.98. The number of aliphatic hydroxyl groups is 1. The van der Waals surface area contributed by atoms with Crippen molar-refractivity contribution in [2.75, 3.05) is 39.1 Å². The summed E-state index contributed by atoms with van der Waals surface area (Å²) in [5, 5.41) is 20.3. The summed E-state index contributed by atoms with van der Waals surface area (Å²) in [4.78, 5) is 13.2. The molecule has 2 unspecified atom stereocenters. The molecule has 9 heteroatoms. The summed E-state index contributed by atoms with van der Waals surface area (Å²) < 4.78 is 29.6. The molecule has 0 aromatic heterocycles. The van der Waals surface area contributed by atoms with E-state index in [4.69, 9.17) is 15.2 Å². The highest BCUT2D eigenvalue weighted by Gasteiger charge is 2.38. The zero-order chi connectivity index (χ0) is 23.3. The van der Waals surface area contributed by atoms with Gasteiger partial charge in [0.25, 0.3) is 0 Å². The second kappa shape index (κ2) is 9.96. The third-order valence-corrected chi connectivity index (χ3v) is 5.50. The van der Waals surface area contributed by atoms with Gasteiger partial charge in [0.05, 0.1) is 31.5 Å². The Morgan fingerprint density at radius 3 is 2.78 bits per heavy atom. The average molecular weight is 443 g/mol. The van der Waals surface area contributed by atoms with Crippen LogP contribution in [0.1, 0.15) is 23.6 Å². The van der Waals surface area contributed by atoms with Gasteiger partial charge in [0.1, 0.15) is 17.6 Å².